The third kappa shape index (κ3) is 4.88. The quantitative estimate of drug-likeness (QED) is 0.876. The molecule has 0 aliphatic heterocycles. The minimum Gasteiger partial charge on any atom is -0.327 e. The van der Waals surface area contributed by atoms with Crippen LogP contribution in [0.1, 0.15) is 37.8 Å². The number of benzene rings is 1. The zero-order valence-corrected chi connectivity index (χ0v) is 11.5. The highest BCUT2D eigenvalue weighted by atomic mass is 32.2. The molecule has 0 bridgehead atoms. The Morgan fingerprint density at radius 1 is 1.12 bits per heavy atom. The monoisotopic (exact) mass is 255 g/mol. The molecular weight excluding hydrogens is 234 g/mol. The average molecular weight is 255 g/mol. The van der Waals surface area contributed by atoms with E-state index in [4.69, 9.17) is 5.73 Å². The van der Waals surface area contributed by atoms with E-state index in [2.05, 4.69) is 13.8 Å². The lowest BCUT2D eigenvalue weighted by Gasteiger charge is -2.09. The summed E-state index contributed by atoms with van der Waals surface area (Å²) < 4.78 is 23.5. The first kappa shape index (κ1) is 14.2. The van der Waals surface area contributed by atoms with E-state index in [1.54, 1.807) is 6.92 Å². The second-order valence-corrected chi connectivity index (χ2v) is 7.04. The van der Waals surface area contributed by atoms with E-state index in [0.29, 0.717) is 5.92 Å². The van der Waals surface area contributed by atoms with Gasteiger partial charge in [0.05, 0.1) is 11.5 Å². The summed E-state index contributed by atoms with van der Waals surface area (Å²) in [6, 6.07) is 7.43. The van der Waals surface area contributed by atoms with Crippen molar-refractivity contribution in [2.45, 2.75) is 38.5 Å². The Kier molecular flexibility index (Phi) is 4.71. The fraction of sp³-hybridized carbons (Fsp3) is 0.538. The summed E-state index contributed by atoms with van der Waals surface area (Å²) in [6.45, 7) is 5.93. The van der Waals surface area contributed by atoms with Gasteiger partial charge in [-0.1, -0.05) is 38.1 Å². The number of sulfone groups is 1. The molecule has 0 fully saturated rings. The van der Waals surface area contributed by atoms with Gasteiger partial charge in [0.15, 0.2) is 9.84 Å². The van der Waals surface area contributed by atoms with Crippen molar-refractivity contribution in [2.24, 2.45) is 5.73 Å². The normalized spacial score (nSPS) is 13.9. The first-order chi connectivity index (χ1) is 7.80. The third-order valence-corrected chi connectivity index (χ3v) is 4.36. The highest BCUT2D eigenvalue weighted by Crippen LogP contribution is 2.16. The van der Waals surface area contributed by atoms with Crippen LogP contribution in [0.25, 0.3) is 0 Å². The molecule has 1 unspecified atom stereocenters. The molecule has 0 heterocycles. The minimum atomic E-state index is -3.09. The smallest absolute Gasteiger partial charge is 0.155 e. The van der Waals surface area contributed by atoms with Gasteiger partial charge in [0.1, 0.15) is 0 Å². The second kappa shape index (κ2) is 5.65. The average Bonchev–Trinajstić information content (AvgIpc) is 2.15. The van der Waals surface area contributed by atoms with Gasteiger partial charge in [-0.3, -0.25) is 0 Å². The molecule has 4 heteroatoms. The molecule has 2 N–H and O–H groups in total. The molecule has 0 aliphatic carbocycles. The molecule has 3 nitrogen and oxygen atoms in total. The molecule has 1 rings (SSSR count). The lowest BCUT2D eigenvalue weighted by molar-refractivity contribution is 0.589. The highest BCUT2D eigenvalue weighted by molar-refractivity contribution is 7.90. The minimum absolute atomic E-state index is 0.0406. The Bertz CT molecular complexity index is 447. The van der Waals surface area contributed by atoms with Crippen molar-refractivity contribution < 1.29 is 8.42 Å². The van der Waals surface area contributed by atoms with Crippen molar-refractivity contribution in [1.82, 2.24) is 0 Å². The van der Waals surface area contributed by atoms with Gasteiger partial charge in [-0.25, -0.2) is 8.42 Å². The first-order valence-corrected chi connectivity index (χ1v) is 7.67. The van der Waals surface area contributed by atoms with Crippen LogP contribution in [0.4, 0.5) is 0 Å². The Labute approximate surface area is 104 Å². The zero-order chi connectivity index (χ0) is 13.1. The van der Waals surface area contributed by atoms with Crippen molar-refractivity contribution in [3.63, 3.8) is 0 Å². The summed E-state index contributed by atoms with van der Waals surface area (Å²) in [5, 5.41) is 0. The second-order valence-electron chi connectivity index (χ2n) is 4.93. The maximum Gasteiger partial charge on any atom is 0.155 e. The van der Waals surface area contributed by atoms with Crippen LogP contribution >= 0.6 is 0 Å². The van der Waals surface area contributed by atoms with Crippen LogP contribution < -0.4 is 5.73 Å². The van der Waals surface area contributed by atoms with Gasteiger partial charge in [-0.2, -0.15) is 0 Å². The molecular formula is C13H21NO2S. The van der Waals surface area contributed by atoms with Crippen LogP contribution in [0.2, 0.25) is 0 Å². The molecule has 1 aromatic carbocycles. The predicted octanol–water partition coefficient (Wildman–Crippen LogP) is 2.07. The standard InChI is InChI=1S/C13H21NO2S/c1-10(2)13-6-4-12(5-7-13)9-17(15,16)8-11(3)14/h4-7,10-11H,8-9,14H2,1-3H3. The summed E-state index contributed by atoms with van der Waals surface area (Å²) in [4.78, 5) is 0. The van der Waals surface area contributed by atoms with Crippen molar-refractivity contribution in [2.75, 3.05) is 5.75 Å². The molecule has 0 saturated heterocycles. The van der Waals surface area contributed by atoms with E-state index in [1.165, 1.54) is 5.56 Å². The summed E-state index contributed by atoms with van der Waals surface area (Å²) in [7, 11) is -3.09. The largest absolute Gasteiger partial charge is 0.327 e. The van der Waals surface area contributed by atoms with Gasteiger partial charge in [-0.15, -0.1) is 0 Å². The fourth-order valence-corrected chi connectivity index (χ4v) is 3.33. The van der Waals surface area contributed by atoms with Crippen LogP contribution in [-0.4, -0.2) is 20.2 Å². The van der Waals surface area contributed by atoms with Gasteiger partial charge in [-0.05, 0) is 24.0 Å². The van der Waals surface area contributed by atoms with Gasteiger partial charge < -0.3 is 5.73 Å². The van der Waals surface area contributed by atoms with Gasteiger partial charge >= 0.3 is 0 Å². The van der Waals surface area contributed by atoms with Crippen molar-refractivity contribution in [3.8, 4) is 0 Å². The third-order valence-electron chi connectivity index (χ3n) is 2.55. The van der Waals surface area contributed by atoms with Crippen LogP contribution in [-0.2, 0) is 15.6 Å². The molecule has 0 aliphatic rings. The van der Waals surface area contributed by atoms with Crippen LogP contribution in [0.3, 0.4) is 0 Å². The summed E-state index contributed by atoms with van der Waals surface area (Å²) in [6.07, 6.45) is 0. The highest BCUT2D eigenvalue weighted by Gasteiger charge is 2.14. The van der Waals surface area contributed by atoms with Gasteiger partial charge in [0, 0.05) is 6.04 Å². The molecule has 17 heavy (non-hydrogen) atoms. The maximum atomic E-state index is 11.7. The van der Waals surface area contributed by atoms with Crippen molar-refractivity contribution in [1.29, 1.82) is 0 Å². The van der Waals surface area contributed by atoms with Crippen molar-refractivity contribution >= 4 is 9.84 Å². The number of hydrogen-bond donors (Lipinski definition) is 1. The molecule has 1 aromatic rings. The van der Waals surface area contributed by atoms with E-state index >= 15 is 0 Å². The Balaban J connectivity index is 2.76. The predicted molar refractivity (Wildman–Crippen MR) is 71.7 cm³/mol. The number of rotatable bonds is 5. The molecule has 96 valence electrons. The van der Waals surface area contributed by atoms with E-state index in [9.17, 15) is 8.42 Å². The van der Waals surface area contributed by atoms with Gasteiger partial charge in [0.2, 0.25) is 0 Å². The Morgan fingerprint density at radius 2 is 1.65 bits per heavy atom. The molecule has 0 amide bonds. The lowest BCUT2D eigenvalue weighted by Crippen LogP contribution is -2.26. The summed E-state index contributed by atoms with van der Waals surface area (Å²) >= 11 is 0. The molecule has 0 radical (unpaired) electrons. The van der Waals surface area contributed by atoms with E-state index in [1.807, 2.05) is 24.3 Å². The Morgan fingerprint density at radius 3 is 2.06 bits per heavy atom. The Hall–Kier alpha value is -0.870. The summed E-state index contributed by atoms with van der Waals surface area (Å²) in [5.41, 5.74) is 7.57. The van der Waals surface area contributed by atoms with E-state index in [0.717, 1.165) is 5.56 Å². The van der Waals surface area contributed by atoms with E-state index < -0.39 is 9.84 Å². The van der Waals surface area contributed by atoms with E-state index in [-0.39, 0.29) is 17.5 Å². The first-order valence-electron chi connectivity index (χ1n) is 5.85. The van der Waals surface area contributed by atoms with Crippen LogP contribution in [0.5, 0.6) is 0 Å². The van der Waals surface area contributed by atoms with Crippen LogP contribution in [0.15, 0.2) is 24.3 Å². The topological polar surface area (TPSA) is 60.2 Å². The summed E-state index contributed by atoms with van der Waals surface area (Å²) in [5.74, 6) is 0.580. The fourth-order valence-electron chi connectivity index (χ4n) is 1.71. The SMILES string of the molecule is CC(N)CS(=O)(=O)Cc1ccc(C(C)C)cc1. The van der Waals surface area contributed by atoms with Crippen LogP contribution in [0, 0.1) is 0 Å². The molecule has 0 saturated carbocycles. The zero-order valence-electron chi connectivity index (χ0n) is 10.7. The number of nitrogens with two attached hydrogens (primary N) is 1. The van der Waals surface area contributed by atoms with Gasteiger partial charge in [0.25, 0.3) is 0 Å². The number of hydrogen-bond acceptors (Lipinski definition) is 3. The molecule has 0 spiro atoms. The maximum absolute atomic E-state index is 11.7. The van der Waals surface area contributed by atoms with Crippen molar-refractivity contribution in [3.05, 3.63) is 35.4 Å². The molecule has 1 atom stereocenters. The lowest BCUT2D eigenvalue weighted by atomic mass is 10.0. The molecule has 0 aromatic heterocycles.